The average Bonchev–Trinajstić information content (AvgIpc) is 3.12. The fraction of sp³-hybridized carbons (Fsp3) is 0.0769. The highest BCUT2D eigenvalue weighted by Crippen LogP contribution is 2.39. The minimum atomic E-state index is -0.631. The molecule has 3 aromatic carbocycles. The maximum absolute atomic E-state index is 12.3. The number of carbonyl (C=O) groups is 1. The molecule has 2 aromatic heterocycles. The minimum absolute atomic E-state index is 0.0768. The highest BCUT2D eigenvalue weighted by Gasteiger charge is 2.17. The summed E-state index contributed by atoms with van der Waals surface area (Å²) in [5.74, 6) is -0.353. The van der Waals surface area contributed by atoms with Gasteiger partial charge in [0.25, 0.3) is 0 Å². The van der Waals surface area contributed by atoms with E-state index in [1.165, 1.54) is 12.1 Å². The summed E-state index contributed by atoms with van der Waals surface area (Å²) in [4.78, 5) is 23.7. The van der Waals surface area contributed by atoms with Gasteiger partial charge in [-0.2, -0.15) is 0 Å². The Morgan fingerprint density at radius 1 is 0.971 bits per heavy atom. The lowest BCUT2D eigenvalue weighted by Crippen LogP contribution is -2.07. The topological polar surface area (TPSA) is 106 Å². The third-order valence-electron chi connectivity index (χ3n) is 5.32. The summed E-state index contributed by atoms with van der Waals surface area (Å²) in [7, 11) is 0. The Kier molecular flexibility index (Phi) is 5.61. The van der Waals surface area contributed by atoms with E-state index in [0.717, 1.165) is 16.5 Å². The van der Waals surface area contributed by atoms with Crippen LogP contribution >= 0.6 is 0 Å². The zero-order chi connectivity index (χ0) is 23.5. The van der Waals surface area contributed by atoms with Crippen LogP contribution in [-0.2, 0) is 11.3 Å². The molecule has 0 spiro atoms. The molecule has 8 heteroatoms. The number of para-hydroxylation sites is 1. The van der Waals surface area contributed by atoms with Crippen LogP contribution < -0.4 is 10.4 Å². The highest BCUT2D eigenvalue weighted by molar-refractivity contribution is 5.95. The lowest BCUT2D eigenvalue weighted by molar-refractivity contribution is -0.120. The highest BCUT2D eigenvalue weighted by atomic mass is 16.5. The second-order valence-electron chi connectivity index (χ2n) is 7.60. The summed E-state index contributed by atoms with van der Waals surface area (Å²) in [6.07, 6.45) is 0. The maximum atomic E-state index is 12.3. The van der Waals surface area contributed by atoms with Crippen molar-refractivity contribution in [1.82, 2.24) is 4.57 Å². The number of azo groups is 1. The molecule has 0 bridgehead atoms. The maximum Gasteiger partial charge on any atom is 0.336 e. The van der Waals surface area contributed by atoms with Crippen LogP contribution in [0.3, 0.4) is 0 Å². The molecule has 8 nitrogen and oxygen atoms in total. The van der Waals surface area contributed by atoms with E-state index in [9.17, 15) is 14.7 Å². The zero-order valence-corrected chi connectivity index (χ0v) is 17.9. The molecular weight excluding hydrogens is 434 g/mol. The second-order valence-corrected chi connectivity index (χ2v) is 7.60. The first kappa shape index (κ1) is 21.1. The second kappa shape index (κ2) is 9.03. The molecule has 0 saturated carbocycles. The van der Waals surface area contributed by atoms with E-state index in [2.05, 4.69) is 10.2 Å². The predicted molar refractivity (Wildman–Crippen MR) is 127 cm³/mol. The van der Waals surface area contributed by atoms with Gasteiger partial charge in [-0.25, -0.2) is 4.79 Å². The Bertz CT molecular complexity index is 1590. The fourth-order valence-electron chi connectivity index (χ4n) is 3.71. The van der Waals surface area contributed by atoms with Crippen LogP contribution in [0.5, 0.6) is 11.6 Å². The van der Waals surface area contributed by atoms with Gasteiger partial charge in [-0.1, -0.05) is 48.5 Å². The van der Waals surface area contributed by atoms with E-state index in [4.69, 9.17) is 9.15 Å². The molecule has 168 valence electrons. The molecule has 5 aromatic rings. The number of rotatable bonds is 6. The molecule has 0 radical (unpaired) electrons. The molecule has 0 saturated heterocycles. The monoisotopic (exact) mass is 453 g/mol. The molecule has 1 amide bonds. The number of hydrogen-bond donors (Lipinski definition) is 1. The van der Waals surface area contributed by atoms with Crippen LogP contribution in [0.4, 0.5) is 5.69 Å². The summed E-state index contributed by atoms with van der Waals surface area (Å²) in [6, 6.07) is 25.0. The summed E-state index contributed by atoms with van der Waals surface area (Å²) in [5.41, 5.74) is 1.89. The van der Waals surface area contributed by atoms with Crippen molar-refractivity contribution in [2.45, 2.75) is 6.54 Å². The number of nitrogens with zero attached hydrogens (tertiary/aromatic N) is 3. The smallest absolute Gasteiger partial charge is 0.336 e. The largest absolute Gasteiger partial charge is 0.493 e. The first-order chi connectivity index (χ1) is 16.6. The van der Waals surface area contributed by atoms with E-state index in [1.54, 1.807) is 22.8 Å². The number of fused-ring (bicyclic) bond motifs is 2. The van der Waals surface area contributed by atoms with Gasteiger partial charge in [0.15, 0.2) is 12.3 Å². The van der Waals surface area contributed by atoms with E-state index in [0.29, 0.717) is 23.3 Å². The number of hydrogen-bond acceptors (Lipinski definition) is 6. The molecule has 1 N–H and O–H groups in total. The molecule has 34 heavy (non-hydrogen) atoms. The Labute approximate surface area is 193 Å². The van der Waals surface area contributed by atoms with E-state index >= 15 is 0 Å². The lowest BCUT2D eigenvalue weighted by atomic mass is 10.2. The van der Waals surface area contributed by atoms with Crippen LogP contribution in [0.2, 0.25) is 0 Å². The summed E-state index contributed by atoms with van der Waals surface area (Å²) < 4.78 is 12.3. The zero-order valence-electron chi connectivity index (χ0n) is 17.9. The summed E-state index contributed by atoms with van der Waals surface area (Å²) in [5, 5.41) is 20.0. The Morgan fingerprint density at radius 3 is 2.59 bits per heavy atom. The Balaban J connectivity index is 1.35. The van der Waals surface area contributed by atoms with Crippen molar-refractivity contribution in [3.63, 3.8) is 0 Å². The fourth-order valence-corrected chi connectivity index (χ4v) is 3.71. The molecule has 0 fully saturated rings. The van der Waals surface area contributed by atoms with Crippen molar-refractivity contribution < 1.29 is 19.1 Å². The molecule has 2 heterocycles. The first-order valence-electron chi connectivity index (χ1n) is 10.5. The third-order valence-corrected chi connectivity index (χ3v) is 5.32. The molecule has 0 unspecified atom stereocenters. The van der Waals surface area contributed by atoms with Gasteiger partial charge < -0.3 is 18.8 Å². The van der Waals surface area contributed by atoms with Gasteiger partial charge in [0.1, 0.15) is 11.3 Å². The van der Waals surface area contributed by atoms with Crippen molar-refractivity contribution >= 4 is 33.5 Å². The number of carbonyl (C=O) groups excluding carboxylic acids is 1. The molecule has 0 aliphatic rings. The Hall–Kier alpha value is -4.72. The van der Waals surface area contributed by atoms with Gasteiger partial charge in [0.05, 0.1) is 12.1 Å². The summed E-state index contributed by atoms with van der Waals surface area (Å²) in [6.45, 7) is 0.0767. The van der Waals surface area contributed by atoms with Gasteiger partial charge >= 0.3 is 11.5 Å². The van der Waals surface area contributed by atoms with Crippen molar-refractivity contribution in [2.24, 2.45) is 10.2 Å². The normalized spacial score (nSPS) is 11.4. The van der Waals surface area contributed by atoms with E-state index in [1.807, 2.05) is 54.6 Å². The van der Waals surface area contributed by atoms with Crippen molar-refractivity contribution in [3.05, 3.63) is 101 Å². The third kappa shape index (κ3) is 4.29. The summed E-state index contributed by atoms with van der Waals surface area (Å²) >= 11 is 0. The number of ether oxygens (including phenoxy) is 1. The number of amides is 1. The lowest BCUT2D eigenvalue weighted by Gasteiger charge is -2.06. The number of aromatic hydroxyl groups is 1. The standard InChI is InChI=1S/C26H19N3O5/c30-23(16-33-19-12-10-18-11-13-24(31)34-22(18)14-19)27-28-25-20-8-4-5-9-21(20)29(26(25)32)15-17-6-2-1-3-7-17/h1-14,32H,15-16H2. The van der Waals surface area contributed by atoms with E-state index < -0.39 is 11.5 Å². The predicted octanol–water partition coefficient (Wildman–Crippen LogP) is 5.19. The number of benzene rings is 3. The first-order valence-corrected chi connectivity index (χ1v) is 10.5. The van der Waals surface area contributed by atoms with Crippen molar-refractivity contribution in [1.29, 1.82) is 0 Å². The van der Waals surface area contributed by atoms with Gasteiger partial charge in [-0.15, -0.1) is 10.2 Å². The van der Waals surface area contributed by atoms with Crippen molar-refractivity contribution in [3.8, 4) is 11.6 Å². The van der Waals surface area contributed by atoms with Crippen molar-refractivity contribution in [2.75, 3.05) is 6.61 Å². The van der Waals surface area contributed by atoms with Gasteiger partial charge in [0.2, 0.25) is 5.88 Å². The van der Waals surface area contributed by atoms with Gasteiger partial charge in [-0.05, 0) is 29.8 Å². The molecular formula is C26H19N3O5. The molecule has 0 aliphatic carbocycles. The van der Waals surface area contributed by atoms with Crippen LogP contribution in [0.1, 0.15) is 5.56 Å². The van der Waals surface area contributed by atoms with Crippen LogP contribution in [0.25, 0.3) is 21.9 Å². The quantitative estimate of drug-likeness (QED) is 0.281. The van der Waals surface area contributed by atoms with Crippen LogP contribution in [0.15, 0.2) is 104 Å². The van der Waals surface area contributed by atoms with Gasteiger partial charge in [0, 0.05) is 22.9 Å². The van der Waals surface area contributed by atoms with Crippen LogP contribution in [-0.4, -0.2) is 22.2 Å². The number of aromatic nitrogens is 1. The average molecular weight is 453 g/mol. The molecule has 5 rings (SSSR count). The van der Waals surface area contributed by atoms with E-state index in [-0.39, 0.29) is 18.2 Å². The molecule has 0 aliphatic heterocycles. The SMILES string of the molecule is O=C(COc1ccc2ccc(=O)oc2c1)N=Nc1c(O)n(Cc2ccccc2)c2ccccc12. The van der Waals surface area contributed by atoms with Gasteiger partial charge in [-0.3, -0.25) is 4.79 Å². The Morgan fingerprint density at radius 2 is 1.74 bits per heavy atom. The molecule has 0 atom stereocenters. The van der Waals surface area contributed by atoms with Crippen LogP contribution in [0, 0.1) is 0 Å². The minimum Gasteiger partial charge on any atom is -0.493 e.